The monoisotopic (exact) mass is 529 g/mol. The Labute approximate surface area is 225 Å². The van der Waals surface area contributed by atoms with Crippen molar-refractivity contribution in [3.63, 3.8) is 0 Å². The van der Waals surface area contributed by atoms with E-state index in [-0.39, 0.29) is 18.2 Å². The van der Waals surface area contributed by atoms with Gasteiger partial charge in [-0.25, -0.2) is 9.97 Å². The van der Waals surface area contributed by atoms with Gasteiger partial charge in [-0.15, -0.1) is 0 Å². The summed E-state index contributed by atoms with van der Waals surface area (Å²) in [4.78, 5) is 22.6. The lowest BCUT2D eigenvalue weighted by Crippen LogP contribution is -2.23. The fourth-order valence-electron chi connectivity index (χ4n) is 4.74. The van der Waals surface area contributed by atoms with E-state index in [1.807, 2.05) is 79.5 Å². The van der Waals surface area contributed by atoms with E-state index < -0.39 is 0 Å². The molecular weight excluding hydrogens is 502 g/mol. The Bertz CT molecular complexity index is 1680. The van der Waals surface area contributed by atoms with E-state index in [0.29, 0.717) is 34.2 Å². The van der Waals surface area contributed by atoms with Crippen LogP contribution in [-0.2, 0) is 13.2 Å². The normalized spacial score (nSPS) is 12.0. The molecule has 1 atom stereocenters. The highest BCUT2D eigenvalue weighted by Gasteiger charge is 2.18. The number of aromatic nitrogens is 4. The van der Waals surface area contributed by atoms with Crippen LogP contribution in [0.5, 0.6) is 5.75 Å². The van der Waals surface area contributed by atoms with Gasteiger partial charge in [0.25, 0.3) is 5.56 Å². The number of methoxy groups -OCH3 is 1. The predicted molar refractivity (Wildman–Crippen MR) is 150 cm³/mol. The molecule has 0 fully saturated rings. The number of anilines is 1. The number of rotatable bonds is 8. The third-order valence-corrected chi connectivity index (χ3v) is 7.06. The molecular formula is C29H28ClN5O3. The van der Waals surface area contributed by atoms with Crippen LogP contribution in [0.2, 0.25) is 5.15 Å². The fraction of sp³-hybridized carbons (Fsp3) is 0.207. The SMILES string of the molecule is CNc1nccn1Cc1cc(-c2cc(CO)cnc2Cl)c2ccn([C@H](C)c3cccc(OC)c3)c(=O)c2c1. The number of hydrogen-bond donors (Lipinski definition) is 2. The van der Waals surface area contributed by atoms with E-state index in [4.69, 9.17) is 16.3 Å². The quantitative estimate of drug-likeness (QED) is 0.271. The molecule has 0 radical (unpaired) electrons. The Morgan fingerprint density at radius 3 is 2.63 bits per heavy atom. The molecule has 194 valence electrons. The summed E-state index contributed by atoms with van der Waals surface area (Å²) in [6.45, 7) is 2.31. The molecule has 0 amide bonds. The first-order valence-electron chi connectivity index (χ1n) is 12.2. The van der Waals surface area contributed by atoms with Crippen molar-refractivity contribution in [3.8, 4) is 16.9 Å². The molecule has 0 saturated heterocycles. The van der Waals surface area contributed by atoms with Crippen molar-refractivity contribution in [2.75, 3.05) is 19.5 Å². The number of aliphatic hydroxyl groups excluding tert-OH is 1. The molecule has 3 aromatic heterocycles. The molecule has 0 spiro atoms. The van der Waals surface area contributed by atoms with Gasteiger partial charge in [0.2, 0.25) is 5.95 Å². The van der Waals surface area contributed by atoms with Gasteiger partial charge in [0.05, 0.1) is 26.3 Å². The Balaban J connectivity index is 1.72. The van der Waals surface area contributed by atoms with E-state index >= 15 is 0 Å². The lowest BCUT2D eigenvalue weighted by atomic mass is 9.96. The zero-order valence-electron chi connectivity index (χ0n) is 21.4. The largest absolute Gasteiger partial charge is 0.497 e. The highest BCUT2D eigenvalue weighted by atomic mass is 35.5. The van der Waals surface area contributed by atoms with Crippen LogP contribution < -0.4 is 15.6 Å². The van der Waals surface area contributed by atoms with Crippen LogP contribution in [0.15, 0.2) is 78.1 Å². The second-order valence-electron chi connectivity index (χ2n) is 9.05. The lowest BCUT2D eigenvalue weighted by molar-refractivity contribution is 0.281. The van der Waals surface area contributed by atoms with Crippen LogP contribution in [-0.4, -0.2) is 38.4 Å². The number of ether oxygens (including phenoxy) is 1. The minimum atomic E-state index is -0.221. The molecule has 0 aliphatic carbocycles. The summed E-state index contributed by atoms with van der Waals surface area (Å²) in [7, 11) is 3.44. The van der Waals surface area contributed by atoms with Crippen LogP contribution in [0.4, 0.5) is 5.95 Å². The van der Waals surface area contributed by atoms with Gasteiger partial charge in [-0.05, 0) is 71.0 Å². The molecule has 0 bridgehead atoms. The Hall–Kier alpha value is -4.14. The minimum absolute atomic E-state index is 0.122. The first kappa shape index (κ1) is 25.5. The molecule has 5 aromatic rings. The standard InChI is InChI=1S/C29H28ClN5O3/c1-18(21-5-4-6-22(14-21)38-3)35-9-7-23-24(25-13-20(17-36)15-33-27(25)30)11-19(12-26(23)28(35)37)16-34-10-8-32-29(34)31-2/h4-15,18,36H,16-17H2,1-3H3,(H,31,32)/t18-/m1/s1. The van der Waals surface area contributed by atoms with Gasteiger partial charge in [-0.3, -0.25) is 4.79 Å². The average Bonchev–Trinajstić information content (AvgIpc) is 3.40. The van der Waals surface area contributed by atoms with Crippen molar-refractivity contribution in [2.45, 2.75) is 26.1 Å². The number of hydrogen-bond acceptors (Lipinski definition) is 6. The summed E-state index contributed by atoms with van der Waals surface area (Å²) < 4.78 is 9.08. The number of fused-ring (bicyclic) bond motifs is 1. The maximum Gasteiger partial charge on any atom is 0.259 e. The number of halogens is 1. The average molecular weight is 530 g/mol. The van der Waals surface area contributed by atoms with Gasteiger partial charge in [-0.2, -0.15) is 0 Å². The smallest absolute Gasteiger partial charge is 0.259 e. The summed E-state index contributed by atoms with van der Waals surface area (Å²) in [5.74, 6) is 1.45. The van der Waals surface area contributed by atoms with E-state index in [2.05, 4.69) is 15.3 Å². The summed E-state index contributed by atoms with van der Waals surface area (Å²) in [6.07, 6.45) is 6.96. The zero-order chi connectivity index (χ0) is 26.8. The molecule has 3 heterocycles. The molecule has 38 heavy (non-hydrogen) atoms. The van der Waals surface area contributed by atoms with Crippen molar-refractivity contribution in [1.29, 1.82) is 0 Å². The van der Waals surface area contributed by atoms with Crippen LogP contribution in [0.25, 0.3) is 21.9 Å². The van der Waals surface area contributed by atoms with Gasteiger partial charge in [0.1, 0.15) is 10.9 Å². The molecule has 9 heteroatoms. The maximum absolute atomic E-state index is 14.0. The van der Waals surface area contributed by atoms with E-state index in [1.165, 1.54) is 0 Å². The molecule has 0 aliphatic rings. The Morgan fingerprint density at radius 2 is 1.87 bits per heavy atom. The molecule has 0 unspecified atom stereocenters. The zero-order valence-corrected chi connectivity index (χ0v) is 22.1. The fourth-order valence-corrected chi connectivity index (χ4v) is 4.95. The van der Waals surface area contributed by atoms with E-state index in [9.17, 15) is 9.90 Å². The van der Waals surface area contributed by atoms with Gasteiger partial charge in [0, 0.05) is 42.8 Å². The number of benzene rings is 2. The number of pyridine rings is 2. The van der Waals surface area contributed by atoms with Crippen molar-refractivity contribution in [1.82, 2.24) is 19.1 Å². The second kappa shape index (κ2) is 10.7. The van der Waals surface area contributed by atoms with Crippen molar-refractivity contribution >= 4 is 28.3 Å². The summed E-state index contributed by atoms with van der Waals surface area (Å²) >= 11 is 6.55. The predicted octanol–water partition coefficient (Wildman–Crippen LogP) is 5.11. The number of nitrogens with zero attached hydrogens (tertiary/aromatic N) is 4. The summed E-state index contributed by atoms with van der Waals surface area (Å²) in [6, 6.07) is 15.2. The number of imidazole rings is 1. The van der Waals surface area contributed by atoms with Crippen LogP contribution in [0.3, 0.4) is 0 Å². The number of aliphatic hydroxyl groups is 1. The third kappa shape index (κ3) is 4.76. The van der Waals surface area contributed by atoms with Gasteiger partial charge < -0.3 is 24.3 Å². The van der Waals surface area contributed by atoms with Crippen molar-refractivity contribution in [3.05, 3.63) is 106 Å². The third-order valence-electron chi connectivity index (χ3n) is 6.76. The highest BCUT2D eigenvalue weighted by molar-refractivity contribution is 6.32. The van der Waals surface area contributed by atoms with Gasteiger partial charge in [0.15, 0.2) is 0 Å². The maximum atomic E-state index is 14.0. The molecule has 5 rings (SSSR count). The summed E-state index contributed by atoms with van der Waals surface area (Å²) in [5.41, 5.74) is 3.80. The second-order valence-corrected chi connectivity index (χ2v) is 9.41. The molecule has 0 saturated carbocycles. The van der Waals surface area contributed by atoms with Gasteiger partial charge >= 0.3 is 0 Å². The van der Waals surface area contributed by atoms with Crippen molar-refractivity contribution < 1.29 is 9.84 Å². The van der Waals surface area contributed by atoms with Crippen molar-refractivity contribution in [2.24, 2.45) is 0 Å². The number of nitrogens with one attached hydrogen (secondary N) is 1. The first-order valence-corrected chi connectivity index (χ1v) is 12.6. The Kier molecular flexibility index (Phi) is 7.18. The van der Waals surface area contributed by atoms with E-state index in [1.54, 1.807) is 24.1 Å². The molecule has 2 aromatic carbocycles. The topological polar surface area (TPSA) is 94.2 Å². The highest BCUT2D eigenvalue weighted by Crippen LogP contribution is 2.34. The lowest BCUT2D eigenvalue weighted by Gasteiger charge is -2.19. The van der Waals surface area contributed by atoms with Gasteiger partial charge in [-0.1, -0.05) is 23.7 Å². The molecule has 2 N–H and O–H groups in total. The molecule has 8 nitrogen and oxygen atoms in total. The van der Waals surface area contributed by atoms with Crippen LogP contribution in [0.1, 0.15) is 29.7 Å². The van der Waals surface area contributed by atoms with Crippen LogP contribution in [0, 0.1) is 0 Å². The Morgan fingerprint density at radius 1 is 1.05 bits per heavy atom. The summed E-state index contributed by atoms with van der Waals surface area (Å²) in [5, 5.41) is 14.4. The van der Waals surface area contributed by atoms with Crippen LogP contribution >= 0.6 is 11.6 Å². The van der Waals surface area contributed by atoms with E-state index in [0.717, 1.165) is 27.8 Å². The molecule has 0 aliphatic heterocycles. The minimum Gasteiger partial charge on any atom is -0.497 e. The first-order chi connectivity index (χ1) is 18.4.